The number of esters is 1. The summed E-state index contributed by atoms with van der Waals surface area (Å²) < 4.78 is 4.97. The third-order valence-corrected chi connectivity index (χ3v) is 4.17. The summed E-state index contributed by atoms with van der Waals surface area (Å²) in [5.74, 6) is -2.15. The quantitative estimate of drug-likeness (QED) is 0.587. The molecule has 0 unspecified atom stereocenters. The zero-order chi connectivity index (χ0) is 19.6. The number of carbonyl (C=O) groups excluding carboxylic acids is 4. The number of ether oxygens (including phenoxy) is 1. The number of hydrogen-bond acceptors (Lipinski definition) is 6. The highest BCUT2D eigenvalue weighted by Gasteiger charge is 2.18. The Kier molecular flexibility index (Phi) is 7.50. The maximum atomic E-state index is 12.0. The van der Waals surface area contributed by atoms with Gasteiger partial charge >= 0.3 is 5.97 Å². The molecule has 0 bridgehead atoms. The molecule has 1 aromatic carbocycles. The molecule has 3 N–H and O–H groups in total. The first kappa shape index (κ1) is 20.1. The van der Waals surface area contributed by atoms with E-state index < -0.39 is 30.4 Å². The van der Waals surface area contributed by atoms with Crippen LogP contribution in [-0.4, -0.2) is 42.9 Å². The van der Waals surface area contributed by atoms with Crippen molar-refractivity contribution in [2.75, 3.05) is 18.4 Å². The molecular weight excluding hydrogens is 370 g/mol. The summed E-state index contributed by atoms with van der Waals surface area (Å²) in [5, 5.41) is 9.12. The highest BCUT2D eigenvalue weighted by Crippen LogP contribution is 2.07. The Balaban J connectivity index is 1.66. The molecule has 0 saturated heterocycles. The monoisotopic (exact) mass is 389 g/mol. The molecule has 1 heterocycles. The van der Waals surface area contributed by atoms with Crippen LogP contribution < -0.4 is 16.0 Å². The van der Waals surface area contributed by atoms with Crippen LogP contribution in [0, 0.1) is 0 Å². The Hall–Kier alpha value is -3.20. The normalized spacial score (nSPS) is 11.1. The van der Waals surface area contributed by atoms with Gasteiger partial charge in [-0.2, -0.15) is 0 Å². The zero-order valence-corrected chi connectivity index (χ0v) is 15.4. The van der Waals surface area contributed by atoms with E-state index in [0.29, 0.717) is 10.6 Å². The Labute approximate surface area is 159 Å². The van der Waals surface area contributed by atoms with E-state index in [2.05, 4.69) is 16.0 Å². The molecule has 9 heteroatoms. The maximum Gasteiger partial charge on any atom is 0.326 e. The van der Waals surface area contributed by atoms with E-state index in [4.69, 9.17) is 4.74 Å². The van der Waals surface area contributed by atoms with Crippen LogP contribution in [0.3, 0.4) is 0 Å². The van der Waals surface area contributed by atoms with Gasteiger partial charge in [-0.15, -0.1) is 11.3 Å². The molecule has 0 aliphatic rings. The van der Waals surface area contributed by atoms with E-state index in [1.54, 1.807) is 41.8 Å². The van der Waals surface area contributed by atoms with Crippen molar-refractivity contribution in [2.24, 2.45) is 0 Å². The second-order valence-corrected chi connectivity index (χ2v) is 6.37. The van der Waals surface area contributed by atoms with Crippen molar-refractivity contribution in [3.05, 3.63) is 52.7 Å². The van der Waals surface area contributed by atoms with Crippen molar-refractivity contribution in [1.82, 2.24) is 10.6 Å². The molecular formula is C18H19N3O5S. The average Bonchev–Trinajstić information content (AvgIpc) is 3.20. The van der Waals surface area contributed by atoms with Crippen LogP contribution in [0.1, 0.15) is 16.6 Å². The number of amides is 3. The molecule has 8 nitrogen and oxygen atoms in total. The second kappa shape index (κ2) is 10.1. The van der Waals surface area contributed by atoms with Crippen molar-refractivity contribution >= 4 is 40.7 Å². The van der Waals surface area contributed by atoms with Gasteiger partial charge in [0, 0.05) is 5.69 Å². The molecule has 142 valence electrons. The minimum absolute atomic E-state index is 0.270. The molecule has 0 radical (unpaired) electrons. The van der Waals surface area contributed by atoms with Gasteiger partial charge in [-0.1, -0.05) is 24.3 Å². The van der Waals surface area contributed by atoms with Gasteiger partial charge in [-0.05, 0) is 30.5 Å². The fourth-order valence-corrected chi connectivity index (χ4v) is 2.59. The van der Waals surface area contributed by atoms with E-state index in [9.17, 15) is 19.2 Å². The third-order valence-electron chi connectivity index (χ3n) is 3.30. The first-order valence-corrected chi connectivity index (χ1v) is 8.97. The van der Waals surface area contributed by atoms with Crippen LogP contribution in [-0.2, 0) is 19.1 Å². The summed E-state index contributed by atoms with van der Waals surface area (Å²) in [6, 6.07) is 12.1. The Morgan fingerprint density at radius 1 is 1.00 bits per heavy atom. The van der Waals surface area contributed by atoms with Gasteiger partial charge in [0.25, 0.3) is 11.8 Å². The predicted octanol–water partition coefficient (Wildman–Crippen LogP) is 1.16. The Morgan fingerprint density at radius 2 is 1.74 bits per heavy atom. The number of hydrogen-bond donors (Lipinski definition) is 3. The lowest BCUT2D eigenvalue weighted by Gasteiger charge is -2.14. The number of carbonyl (C=O) groups is 4. The first-order valence-electron chi connectivity index (χ1n) is 8.09. The minimum atomic E-state index is -1.02. The summed E-state index contributed by atoms with van der Waals surface area (Å²) in [6.45, 7) is 0.754. The average molecular weight is 389 g/mol. The van der Waals surface area contributed by atoms with Crippen molar-refractivity contribution < 1.29 is 23.9 Å². The van der Waals surface area contributed by atoms with Crippen LogP contribution in [0.15, 0.2) is 47.8 Å². The van der Waals surface area contributed by atoms with Crippen molar-refractivity contribution in [3.63, 3.8) is 0 Å². The molecule has 2 aromatic rings. The SMILES string of the molecule is C[C@H](OC(=O)CNC(=O)CNC(=O)c1cccs1)C(=O)Nc1ccccc1. The number of para-hydroxylation sites is 1. The van der Waals surface area contributed by atoms with Crippen LogP contribution in [0.2, 0.25) is 0 Å². The van der Waals surface area contributed by atoms with E-state index in [-0.39, 0.29) is 12.5 Å². The molecule has 0 spiro atoms. The molecule has 2 rings (SSSR count). The fourth-order valence-electron chi connectivity index (χ4n) is 1.95. The lowest BCUT2D eigenvalue weighted by Crippen LogP contribution is -2.40. The van der Waals surface area contributed by atoms with E-state index >= 15 is 0 Å². The number of anilines is 1. The Bertz CT molecular complexity index is 793. The summed E-state index contributed by atoms with van der Waals surface area (Å²) >= 11 is 1.26. The van der Waals surface area contributed by atoms with E-state index in [1.807, 2.05) is 6.07 Å². The molecule has 0 saturated carbocycles. The molecule has 1 atom stereocenters. The highest BCUT2D eigenvalue weighted by molar-refractivity contribution is 7.12. The second-order valence-electron chi connectivity index (χ2n) is 5.42. The third kappa shape index (κ3) is 6.90. The van der Waals surface area contributed by atoms with Gasteiger partial charge in [-0.25, -0.2) is 0 Å². The first-order chi connectivity index (χ1) is 13.0. The van der Waals surface area contributed by atoms with Crippen LogP contribution >= 0.6 is 11.3 Å². The lowest BCUT2D eigenvalue weighted by atomic mass is 10.3. The molecule has 3 amide bonds. The summed E-state index contributed by atoms with van der Waals surface area (Å²) in [4.78, 5) is 47.6. The number of rotatable bonds is 8. The molecule has 27 heavy (non-hydrogen) atoms. The Morgan fingerprint density at radius 3 is 2.41 bits per heavy atom. The smallest absolute Gasteiger partial charge is 0.326 e. The van der Waals surface area contributed by atoms with E-state index in [1.165, 1.54) is 18.3 Å². The lowest BCUT2D eigenvalue weighted by molar-refractivity contribution is -0.152. The van der Waals surface area contributed by atoms with Crippen LogP contribution in [0.25, 0.3) is 0 Å². The van der Waals surface area contributed by atoms with Crippen molar-refractivity contribution in [1.29, 1.82) is 0 Å². The number of thiophene rings is 1. The van der Waals surface area contributed by atoms with E-state index in [0.717, 1.165) is 0 Å². The summed E-state index contributed by atoms with van der Waals surface area (Å²) in [5.41, 5.74) is 0.584. The highest BCUT2D eigenvalue weighted by atomic mass is 32.1. The fraction of sp³-hybridized carbons (Fsp3) is 0.222. The zero-order valence-electron chi connectivity index (χ0n) is 14.6. The maximum absolute atomic E-state index is 12.0. The van der Waals surface area contributed by atoms with Gasteiger partial charge in [0.2, 0.25) is 5.91 Å². The van der Waals surface area contributed by atoms with Crippen molar-refractivity contribution in [2.45, 2.75) is 13.0 Å². The topological polar surface area (TPSA) is 114 Å². The van der Waals surface area contributed by atoms with Crippen LogP contribution in [0.4, 0.5) is 5.69 Å². The molecule has 0 fully saturated rings. The standard InChI is InChI=1S/C18H19N3O5S/c1-12(17(24)21-13-6-3-2-4-7-13)26-16(23)11-19-15(22)10-20-18(25)14-8-5-9-27-14/h2-9,12H,10-11H2,1H3,(H,19,22)(H,20,25)(H,21,24)/t12-/m0/s1. The van der Waals surface area contributed by atoms with Gasteiger partial charge in [0.05, 0.1) is 11.4 Å². The van der Waals surface area contributed by atoms with Gasteiger partial charge in [-0.3, -0.25) is 19.2 Å². The number of nitrogens with one attached hydrogen (secondary N) is 3. The van der Waals surface area contributed by atoms with Crippen molar-refractivity contribution in [3.8, 4) is 0 Å². The van der Waals surface area contributed by atoms with Gasteiger partial charge in [0.1, 0.15) is 6.54 Å². The largest absolute Gasteiger partial charge is 0.451 e. The summed E-state index contributed by atoms with van der Waals surface area (Å²) in [7, 11) is 0. The van der Waals surface area contributed by atoms with Gasteiger partial charge < -0.3 is 20.7 Å². The summed E-state index contributed by atoms with van der Waals surface area (Å²) in [6.07, 6.45) is -1.02. The number of benzene rings is 1. The predicted molar refractivity (Wildman–Crippen MR) is 100 cm³/mol. The minimum Gasteiger partial charge on any atom is -0.451 e. The van der Waals surface area contributed by atoms with Crippen LogP contribution in [0.5, 0.6) is 0 Å². The molecule has 1 aromatic heterocycles. The van der Waals surface area contributed by atoms with Gasteiger partial charge in [0.15, 0.2) is 6.10 Å². The molecule has 0 aliphatic carbocycles. The molecule has 0 aliphatic heterocycles.